The molecule has 2 amide bonds. The van der Waals surface area contributed by atoms with Crippen LogP contribution in [-0.2, 0) is 11.3 Å². The second-order valence-corrected chi connectivity index (χ2v) is 8.79. The van der Waals surface area contributed by atoms with Crippen molar-refractivity contribution in [2.24, 2.45) is 5.92 Å². The standard InChI is InChI=1S/C22H26ClF2N3O2/c23-17-5-1-6-18-20(17)16(14-28(18)11-10-27-9-3-7-19(27)29)21(30)26-13-15-4-2-8-22(24,25)12-15/h1,5-6,14-15H,2-4,7-13H2,(H,26,30). The van der Waals surface area contributed by atoms with E-state index in [4.69, 9.17) is 11.6 Å². The van der Waals surface area contributed by atoms with Gasteiger partial charge in [-0.3, -0.25) is 9.59 Å². The summed E-state index contributed by atoms with van der Waals surface area (Å²) in [5, 5.41) is 3.96. The van der Waals surface area contributed by atoms with Gasteiger partial charge in [-0.25, -0.2) is 8.78 Å². The first-order valence-electron chi connectivity index (χ1n) is 10.6. The summed E-state index contributed by atoms with van der Waals surface area (Å²) in [4.78, 5) is 26.6. The van der Waals surface area contributed by atoms with Gasteiger partial charge in [-0.1, -0.05) is 17.7 Å². The molecule has 2 heterocycles. The lowest BCUT2D eigenvalue weighted by atomic mass is 9.86. The number of alkyl halides is 2. The molecule has 1 N–H and O–H groups in total. The van der Waals surface area contributed by atoms with E-state index < -0.39 is 5.92 Å². The van der Waals surface area contributed by atoms with Crippen molar-refractivity contribution >= 4 is 34.3 Å². The number of fused-ring (bicyclic) bond motifs is 1. The van der Waals surface area contributed by atoms with E-state index in [9.17, 15) is 18.4 Å². The molecule has 1 atom stereocenters. The van der Waals surface area contributed by atoms with Crippen LogP contribution in [0.4, 0.5) is 8.78 Å². The molecule has 4 rings (SSSR count). The van der Waals surface area contributed by atoms with E-state index in [2.05, 4.69) is 5.32 Å². The highest BCUT2D eigenvalue weighted by Crippen LogP contribution is 2.36. The van der Waals surface area contributed by atoms with Gasteiger partial charge < -0.3 is 14.8 Å². The Bertz CT molecular complexity index is 959. The Hall–Kier alpha value is -2.15. The predicted octanol–water partition coefficient (Wildman–Crippen LogP) is 4.47. The minimum absolute atomic E-state index is 0.0694. The Kier molecular flexibility index (Phi) is 6.00. The van der Waals surface area contributed by atoms with Crippen molar-refractivity contribution in [1.29, 1.82) is 0 Å². The fraction of sp³-hybridized carbons (Fsp3) is 0.545. The van der Waals surface area contributed by atoms with Crippen LogP contribution in [0.5, 0.6) is 0 Å². The normalized spacial score (nSPS) is 21.4. The van der Waals surface area contributed by atoms with Crippen molar-refractivity contribution in [2.75, 3.05) is 19.6 Å². The van der Waals surface area contributed by atoms with Gasteiger partial charge >= 0.3 is 0 Å². The van der Waals surface area contributed by atoms with E-state index in [1.54, 1.807) is 12.3 Å². The number of likely N-dealkylation sites (tertiary alicyclic amines) is 1. The molecule has 1 saturated heterocycles. The molecular formula is C22H26ClF2N3O2. The summed E-state index contributed by atoms with van der Waals surface area (Å²) < 4.78 is 29.2. The van der Waals surface area contributed by atoms with E-state index in [0.717, 1.165) is 18.5 Å². The van der Waals surface area contributed by atoms with Crippen LogP contribution in [0.1, 0.15) is 48.9 Å². The molecule has 1 saturated carbocycles. The number of nitrogens with zero attached hydrogens (tertiary/aromatic N) is 2. The van der Waals surface area contributed by atoms with E-state index in [1.165, 1.54) is 0 Å². The molecule has 162 valence electrons. The molecule has 2 aliphatic rings. The van der Waals surface area contributed by atoms with Crippen LogP contribution in [-0.4, -0.2) is 46.8 Å². The number of aromatic nitrogens is 1. The number of amides is 2. The lowest BCUT2D eigenvalue weighted by Gasteiger charge is -2.28. The molecule has 2 fully saturated rings. The van der Waals surface area contributed by atoms with E-state index >= 15 is 0 Å². The molecule has 1 aromatic heterocycles. The Labute approximate surface area is 179 Å². The Morgan fingerprint density at radius 3 is 2.83 bits per heavy atom. The summed E-state index contributed by atoms with van der Waals surface area (Å²) in [7, 11) is 0. The van der Waals surface area contributed by atoms with Gasteiger partial charge in [-0.15, -0.1) is 0 Å². The zero-order valence-electron chi connectivity index (χ0n) is 16.8. The van der Waals surface area contributed by atoms with Crippen LogP contribution in [0.2, 0.25) is 5.02 Å². The van der Waals surface area contributed by atoms with Crippen LogP contribution in [0.25, 0.3) is 10.9 Å². The molecule has 30 heavy (non-hydrogen) atoms. The molecule has 8 heteroatoms. The molecule has 0 radical (unpaired) electrons. The lowest BCUT2D eigenvalue weighted by molar-refractivity contribution is -0.127. The van der Waals surface area contributed by atoms with Gasteiger partial charge in [0.15, 0.2) is 0 Å². The molecule has 2 aromatic rings. The summed E-state index contributed by atoms with van der Waals surface area (Å²) in [6.45, 7) is 2.13. The molecule has 0 bridgehead atoms. The predicted molar refractivity (Wildman–Crippen MR) is 112 cm³/mol. The van der Waals surface area contributed by atoms with Crippen LogP contribution < -0.4 is 5.32 Å². The lowest BCUT2D eigenvalue weighted by Crippen LogP contribution is -2.35. The average molecular weight is 438 g/mol. The zero-order chi connectivity index (χ0) is 21.3. The van der Waals surface area contributed by atoms with Crippen molar-refractivity contribution in [3.05, 3.63) is 35.0 Å². The number of hydrogen-bond acceptors (Lipinski definition) is 2. The number of nitrogens with one attached hydrogen (secondary N) is 1. The monoisotopic (exact) mass is 437 g/mol. The number of carbonyl (C=O) groups is 2. The van der Waals surface area contributed by atoms with Crippen molar-refractivity contribution in [3.8, 4) is 0 Å². The highest BCUT2D eigenvalue weighted by molar-refractivity contribution is 6.36. The fourth-order valence-corrected chi connectivity index (χ4v) is 4.89. The summed E-state index contributed by atoms with van der Waals surface area (Å²) in [5.74, 6) is -3.01. The van der Waals surface area contributed by atoms with Crippen molar-refractivity contribution in [1.82, 2.24) is 14.8 Å². The zero-order valence-corrected chi connectivity index (χ0v) is 17.6. The van der Waals surface area contributed by atoms with Gasteiger partial charge in [0.25, 0.3) is 5.91 Å². The van der Waals surface area contributed by atoms with Gasteiger partial charge in [0.05, 0.1) is 16.1 Å². The molecular weight excluding hydrogens is 412 g/mol. The van der Waals surface area contributed by atoms with Gasteiger partial charge in [0.1, 0.15) is 0 Å². The van der Waals surface area contributed by atoms with Crippen molar-refractivity contribution in [3.63, 3.8) is 0 Å². The Balaban J connectivity index is 1.50. The minimum Gasteiger partial charge on any atom is -0.352 e. The second-order valence-electron chi connectivity index (χ2n) is 8.38. The number of benzene rings is 1. The summed E-state index contributed by atoms with van der Waals surface area (Å²) in [6, 6.07) is 5.45. The molecule has 5 nitrogen and oxygen atoms in total. The molecule has 1 aromatic carbocycles. The Morgan fingerprint density at radius 1 is 1.27 bits per heavy atom. The first-order chi connectivity index (χ1) is 14.3. The third-order valence-corrected chi connectivity index (χ3v) is 6.49. The molecule has 1 unspecified atom stereocenters. The van der Waals surface area contributed by atoms with Crippen LogP contribution in [0.3, 0.4) is 0 Å². The third kappa shape index (κ3) is 4.46. The smallest absolute Gasteiger partial charge is 0.253 e. The number of carbonyl (C=O) groups excluding carboxylic acids is 2. The topological polar surface area (TPSA) is 54.3 Å². The summed E-state index contributed by atoms with van der Waals surface area (Å²) in [6.07, 6.45) is 4.15. The SMILES string of the molecule is O=C(NCC1CCCC(F)(F)C1)c1cn(CCN2CCCC2=O)c2cccc(Cl)c12. The van der Waals surface area contributed by atoms with E-state index in [0.29, 0.717) is 48.3 Å². The van der Waals surface area contributed by atoms with Gasteiger partial charge in [-0.2, -0.15) is 0 Å². The number of rotatable bonds is 6. The maximum Gasteiger partial charge on any atom is 0.253 e. The van der Waals surface area contributed by atoms with Crippen LogP contribution in [0, 0.1) is 5.92 Å². The first-order valence-corrected chi connectivity index (χ1v) is 10.9. The number of hydrogen-bond donors (Lipinski definition) is 1. The second kappa shape index (κ2) is 8.53. The highest BCUT2D eigenvalue weighted by Gasteiger charge is 2.36. The van der Waals surface area contributed by atoms with Crippen LogP contribution >= 0.6 is 11.6 Å². The third-order valence-electron chi connectivity index (χ3n) is 6.18. The van der Waals surface area contributed by atoms with Crippen molar-refractivity contribution in [2.45, 2.75) is 51.0 Å². The van der Waals surface area contributed by atoms with E-state index in [-0.39, 0.29) is 37.1 Å². The quantitative estimate of drug-likeness (QED) is 0.724. The maximum absolute atomic E-state index is 13.6. The minimum atomic E-state index is -2.64. The molecule has 1 aliphatic carbocycles. The van der Waals surface area contributed by atoms with Gasteiger partial charge in [-0.05, 0) is 37.3 Å². The van der Waals surface area contributed by atoms with Gasteiger partial charge in [0, 0.05) is 57.0 Å². The molecule has 0 spiro atoms. The summed E-state index contributed by atoms with van der Waals surface area (Å²) >= 11 is 6.40. The summed E-state index contributed by atoms with van der Waals surface area (Å²) in [5.41, 5.74) is 1.26. The van der Waals surface area contributed by atoms with Crippen LogP contribution in [0.15, 0.2) is 24.4 Å². The largest absolute Gasteiger partial charge is 0.352 e. The fourth-order valence-electron chi connectivity index (χ4n) is 4.62. The Morgan fingerprint density at radius 2 is 2.10 bits per heavy atom. The molecule has 1 aliphatic heterocycles. The maximum atomic E-state index is 13.6. The number of halogens is 3. The van der Waals surface area contributed by atoms with Crippen molar-refractivity contribution < 1.29 is 18.4 Å². The van der Waals surface area contributed by atoms with E-state index in [1.807, 2.05) is 21.6 Å². The highest BCUT2D eigenvalue weighted by atomic mass is 35.5. The van der Waals surface area contributed by atoms with Gasteiger partial charge in [0.2, 0.25) is 11.8 Å². The first kappa shape index (κ1) is 21.1. The average Bonchev–Trinajstić information content (AvgIpc) is 3.28.